The second-order valence-corrected chi connectivity index (χ2v) is 7.11. The number of hydrogen-bond acceptors (Lipinski definition) is 7. The Morgan fingerprint density at radius 2 is 1.96 bits per heavy atom. The Bertz CT molecular complexity index is 939. The molecule has 2 aromatic rings. The van der Waals surface area contributed by atoms with Gasteiger partial charge in [0.1, 0.15) is 6.07 Å². The van der Waals surface area contributed by atoms with Crippen molar-refractivity contribution in [2.45, 2.75) is 32.7 Å². The lowest BCUT2D eigenvalue weighted by Gasteiger charge is -2.28. The predicted octanol–water partition coefficient (Wildman–Crippen LogP) is 3.54. The summed E-state index contributed by atoms with van der Waals surface area (Å²) in [7, 11) is 0. The number of anilines is 2. The Labute approximate surface area is 156 Å². The molecule has 1 aliphatic heterocycles. The van der Waals surface area contributed by atoms with E-state index in [9.17, 15) is 5.26 Å². The van der Waals surface area contributed by atoms with E-state index in [-0.39, 0.29) is 22.9 Å². The first-order valence-electron chi connectivity index (χ1n) is 8.02. The van der Waals surface area contributed by atoms with E-state index in [0.717, 1.165) is 17.7 Å². The van der Waals surface area contributed by atoms with Crippen molar-refractivity contribution in [3.63, 3.8) is 0 Å². The highest BCUT2D eigenvalue weighted by atomic mass is 35.5. The van der Waals surface area contributed by atoms with Gasteiger partial charge in [-0.15, -0.1) is 0 Å². The molecule has 0 unspecified atom stereocenters. The summed E-state index contributed by atoms with van der Waals surface area (Å²) < 4.78 is 0. The summed E-state index contributed by atoms with van der Waals surface area (Å²) in [4.78, 5) is 12.8. The zero-order valence-electron chi connectivity index (χ0n) is 14.7. The van der Waals surface area contributed by atoms with Gasteiger partial charge in [-0.3, -0.25) is 0 Å². The second-order valence-electron chi connectivity index (χ2n) is 6.67. The summed E-state index contributed by atoms with van der Waals surface area (Å²) in [6.45, 7) is 6.04. The highest BCUT2D eigenvalue weighted by molar-refractivity contribution is 6.30. The molecule has 0 fully saturated rings. The van der Waals surface area contributed by atoms with Crippen molar-refractivity contribution in [1.29, 1.82) is 5.26 Å². The number of nitriles is 1. The summed E-state index contributed by atoms with van der Waals surface area (Å²) in [6.07, 6.45) is 2.47. The molecular weight excluding hydrogens is 350 g/mol. The molecule has 1 aromatic heterocycles. The fraction of sp³-hybridized carbons (Fsp3) is 0.278. The van der Waals surface area contributed by atoms with Crippen molar-refractivity contribution in [3.8, 4) is 6.07 Å². The third-order valence-corrected chi connectivity index (χ3v) is 4.16. The second kappa shape index (κ2) is 6.73. The maximum absolute atomic E-state index is 9.56. The fourth-order valence-electron chi connectivity index (χ4n) is 2.83. The lowest BCUT2D eigenvalue weighted by molar-refractivity contribution is 0.505. The van der Waals surface area contributed by atoms with Gasteiger partial charge in [0.2, 0.25) is 5.95 Å². The Morgan fingerprint density at radius 1 is 1.27 bits per heavy atom. The van der Waals surface area contributed by atoms with Crippen molar-refractivity contribution >= 4 is 40.9 Å². The van der Waals surface area contributed by atoms with E-state index < -0.39 is 0 Å². The van der Waals surface area contributed by atoms with Gasteiger partial charge in [0.25, 0.3) is 5.95 Å². The number of halogens is 1. The van der Waals surface area contributed by atoms with E-state index in [2.05, 4.69) is 26.1 Å². The summed E-state index contributed by atoms with van der Waals surface area (Å²) in [6, 6.07) is 9.24. The van der Waals surface area contributed by atoms with E-state index in [0.29, 0.717) is 11.0 Å². The molecule has 0 saturated carbocycles. The number of allylic oxidation sites excluding steroid dienone is 1. The average molecular weight is 368 g/mol. The molecule has 0 atom stereocenters. The number of hydrazone groups is 1. The first-order valence-corrected chi connectivity index (χ1v) is 8.40. The topological polar surface area (TPSA) is 104 Å². The van der Waals surface area contributed by atoms with Gasteiger partial charge in [0.15, 0.2) is 5.82 Å². The molecule has 0 saturated heterocycles. The minimum atomic E-state index is -0.276. The highest BCUT2D eigenvalue weighted by Gasteiger charge is 2.35. The Balaban J connectivity index is 2.04. The smallest absolute Gasteiger partial charge is 0.252 e. The summed E-state index contributed by atoms with van der Waals surface area (Å²) in [5, 5.41) is 16.4. The van der Waals surface area contributed by atoms with E-state index in [1.165, 1.54) is 0 Å². The number of nitrogens with zero attached hydrogens (tertiary/aromatic N) is 6. The quantitative estimate of drug-likeness (QED) is 0.832. The van der Waals surface area contributed by atoms with E-state index in [1.807, 2.05) is 32.9 Å². The Kier molecular flexibility index (Phi) is 4.62. The largest absolute Gasteiger partial charge is 0.368 e. The molecule has 0 aliphatic carbocycles. The number of aromatic nitrogens is 3. The van der Waals surface area contributed by atoms with E-state index in [4.69, 9.17) is 17.3 Å². The van der Waals surface area contributed by atoms with Crippen LogP contribution in [0.25, 0.3) is 11.6 Å². The molecule has 0 radical (unpaired) electrons. The van der Waals surface area contributed by atoms with Crippen molar-refractivity contribution < 1.29 is 0 Å². The molecule has 2 N–H and O–H groups in total. The van der Waals surface area contributed by atoms with Gasteiger partial charge in [-0.1, -0.05) is 23.7 Å². The monoisotopic (exact) mass is 367 g/mol. The zero-order chi connectivity index (χ0) is 18.9. The molecule has 2 heterocycles. The van der Waals surface area contributed by atoms with Crippen LogP contribution in [-0.4, -0.2) is 26.2 Å². The number of benzene rings is 1. The number of hydrogen-bond donors (Lipinski definition) is 1. The summed E-state index contributed by atoms with van der Waals surface area (Å²) in [5.74, 6) is 0.574. The van der Waals surface area contributed by atoms with E-state index in [1.54, 1.807) is 23.2 Å². The third-order valence-electron chi connectivity index (χ3n) is 3.91. The number of rotatable bonds is 3. The fourth-order valence-corrected chi connectivity index (χ4v) is 2.95. The SMILES string of the molecule is CC1=NN(c2nc(N)nc(/C(C#N)=C\c3ccc(Cl)cc3)n2)C(C)(C)C1. The molecule has 132 valence electrons. The molecule has 7 nitrogen and oxygen atoms in total. The average Bonchev–Trinajstić information content (AvgIpc) is 2.86. The van der Waals surface area contributed by atoms with Crippen LogP contribution in [0.5, 0.6) is 0 Å². The van der Waals surface area contributed by atoms with Crippen LogP contribution >= 0.6 is 11.6 Å². The first-order chi connectivity index (χ1) is 12.3. The molecule has 26 heavy (non-hydrogen) atoms. The van der Waals surface area contributed by atoms with Gasteiger partial charge >= 0.3 is 0 Å². The van der Waals surface area contributed by atoms with Crippen LogP contribution in [0.4, 0.5) is 11.9 Å². The van der Waals surface area contributed by atoms with Crippen molar-refractivity contribution in [3.05, 3.63) is 40.7 Å². The normalized spacial score (nSPS) is 16.3. The molecule has 0 bridgehead atoms. The Hall–Kier alpha value is -2.98. The van der Waals surface area contributed by atoms with Crippen LogP contribution in [-0.2, 0) is 0 Å². The van der Waals surface area contributed by atoms with Crippen LogP contribution in [0.3, 0.4) is 0 Å². The Morgan fingerprint density at radius 3 is 2.54 bits per heavy atom. The van der Waals surface area contributed by atoms with Crippen molar-refractivity contribution in [1.82, 2.24) is 15.0 Å². The summed E-state index contributed by atoms with van der Waals surface area (Å²) in [5.41, 5.74) is 7.65. The van der Waals surface area contributed by atoms with Crippen LogP contribution < -0.4 is 10.7 Å². The van der Waals surface area contributed by atoms with Gasteiger partial charge in [-0.2, -0.15) is 25.3 Å². The summed E-state index contributed by atoms with van der Waals surface area (Å²) >= 11 is 5.90. The molecule has 0 spiro atoms. The molecular formula is C18H18ClN7. The molecule has 1 aromatic carbocycles. The number of nitrogen functional groups attached to an aromatic ring is 1. The first kappa shape index (κ1) is 17.8. The van der Waals surface area contributed by atoms with Gasteiger partial charge in [-0.25, -0.2) is 5.01 Å². The lowest BCUT2D eigenvalue weighted by Crippen LogP contribution is -2.37. The molecule has 0 amide bonds. The highest BCUT2D eigenvalue weighted by Crippen LogP contribution is 2.31. The van der Waals surface area contributed by atoms with Gasteiger partial charge in [0, 0.05) is 17.2 Å². The van der Waals surface area contributed by atoms with Crippen LogP contribution in [0, 0.1) is 11.3 Å². The van der Waals surface area contributed by atoms with Crippen LogP contribution in [0.2, 0.25) is 5.02 Å². The maximum atomic E-state index is 9.56. The third kappa shape index (κ3) is 3.65. The van der Waals surface area contributed by atoms with Crippen LogP contribution in [0.1, 0.15) is 38.6 Å². The van der Waals surface area contributed by atoms with Crippen molar-refractivity contribution in [2.24, 2.45) is 5.10 Å². The molecule has 3 rings (SSSR count). The standard InChI is InChI=1S/C18H18ClN7/c1-11-9-18(2,3)26(25-11)17-23-15(22-16(21)24-17)13(10-20)8-12-4-6-14(19)7-5-12/h4-8H,9H2,1-3H3,(H2,21,22,23,24)/b13-8-. The van der Waals surface area contributed by atoms with E-state index >= 15 is 0 Å². The van der Waals surface area contributed by atoms with Gasteiger partial charge < -0.3 is 5.73 Å². The minimum Gasteiger partial charge on any atom is -0.368 e. The minimum absolute atomic E-state index is 0.0396. The lowest BCUT2D eigenvalue weighted by atomic mass is 9.99. The molecule has 8 heteroatoms. The predicted molar refractivity (Wildman–Crippen MR) is 103 cm³/mol. The zero-order valence-corrected chi connectivity index (χ0v) is 15.5. The van der Waals surface area contributed by atoms with Crippen LogP contribution in [0.15, 0.2) is 29.4 Å². The van der Waals surface area contributed by atoms with Crippen molar-refractivity contribution in [2.75, 3.05) is 10.7 Å². The van der Waals surface area contributed by atoms with Gasteiger partial charge in [-0.05, 0) is 44.5 Å². The maximum Gasteiger partial charge on any atom is 0.252 e. The number of nitrogens with two attached hydrogens (primary N) is 1. The molecule has 1 aliphatic rings. The van der Waals surface area contributed by atoms with Gasteiger partial charge in [0.05, 0.1) is 11.1 Å².